The fraction of sp³-hybridized carbons (Fsp3) is 0.571. The molecule has 1 atom stereocenters. The van der Waals surface area contributed by atoms with E-state index in [1.165, 1.54) is 6.07 Å². The van der Waals surface area contributed by atoms with Gasteiger partial charge in [-0.25, -0.2) is 4.39 Å². The third kappa shape index (κ3) is 4.75. The lowest BCUT2D eigenvalue weighted by Gasteiger charge is -2.17. The summed E-state index contributed by atoms with van der Waals surface area (Å²) >= 11 is 0. The van der Waals surface area contributed by atoms with Gasteiger partial charge in [-0.2, -0.15) is 0 Å². The number of hydrogen-bond donors (Lipinski definition) is 1. The maximum atomic E-state index is 13.0. The van der Waals surface area contributed by atoms with Crippen LogP contribution in [0.5, 0.6) is 0 Å². The molecular weight excluding hydrogens is 201 g/mol. The molecule has 0 spiro atoms. The van der Waals surface area contributed by atoms with Gasteiger partial charge in [-0.3, -0.25) is 0 Å². The zero-order valence-corrected chi connectivity index (χ0v) is 10.5. The average molecular weight is 223 g/mol. The van der Waals surface area contributed by atoms with Gasteiger partial charge in [0.05, 0.1) is 0 Å². The summed E-state index contributed by atoms with van der Waals surface area (Å²) in [6.45, 7) is 7.49. The minimum atomic E-state index is -0.135. The molecule has 90 valence electrons. The topological polar surface area (TPSA) is 12.0 Å². The molecule has 1 nitrogen and oxygen atoms in total. The van der Waals surface area contributed by atoms with Gasteiger partial charge in [0.25, 0.3) is 0 Å². The van der Waals surface area contributed by atoms with Crippen LogP contribution in [0.1, 0.15) is 32.8 Å². The van der Waals surface area contributed by atoms with Crippen molar-refractivity contribution in [2.24, 2.45) is 5.92 Å². The Labute approximate surface area is 98.1 Å². The van der Waals surface area contributed by atoms with Gasteiger partial charge in [-0.05, 0) is 36.6 Å². The highest BCUT2D eigenvalue weighted by Crippen LogP contribution is 2.12. The Morgan fingerprint density at radius 1 is 1.31 bits per heavy atom. The van der Waals surface area contributed by atoms with Crippen LogP contribution in [0.2, 0.25) is 0 Å². The summed E-state index contributed by atoms with van der Waals surface area (Å²) in [5.74, 6) is 0.452. The molecule has 0 bridgehead atoms. The van der Waals surface area contributed by atoms with Crippen LogP contribution in [0.25, 0.3) is 0 Å². The van der Waals surface area contributed by atoms with Crippen molar-refractivity contribution in [3.63, 3.8) is 0 Å². The number of benzene rings is 1. The summed E-state index contributed by atoms with van der Waals surface area (Å²) in [4.78, 5) is 0. The molecule has 1 aromatic carbocycles. The van der Waals surface area contributed by atoms with E-state index >= 15 is 0 Å². The third-order valence-electron chi connectivity index (χ3n) is 2.81. The van der Waals surface area contributed by atoms with Gasteiger partial charge in [0.1, 0.15) is 5.82 Å². The summed E-state index contributed by atoms with van der Waals surface area (Å²) in [6.07, 6.45) is 2.07. The molecule has 0 fully saturated rings. The molecule has 0 aliphatic carbocycles. The number of nitrogens with one attached hydrogen (secondary N) is 1. The van der Waals surface area contributed by atoms with Crippen molar-refractivity contribution >= 4 is 0 Å². The van der Waals surface area contributed by atoms with E-state index in [-0.39, 0.29) is 5.82 Å². The molecule has 0 aromatic heterocycles. The van der Waals surface area contributed by atoms with Crippen molar-refractivity contribution in [3.8, 4) is 0 Å². The fourth-order valence-electron chi connectivity index (χ4n) is 1.76. The van der Waals surface area contributed by atoms with Crippen molar-refractivity contribution in [1.29, 1.82) is 0 Å². The summed E-state index contributed by atoms with van der Waals surface area (Å²) in [7, 11) is 0. The molecule has 0 aliphatic rings. The number of rotatable bonds is 6. The van der Waals surface area contributed by atoms with Crippen LogP contribution in [0.4, 0.5) is 4.39 Å². The second kappa shape index (κ2) is 6.64. The van der Waals surface area contributed by atoms with Crippen molar-refractivity contribution in [2.45, 2.75) is 39.7 Å². The maximum Gasteiger partial charge on any atom is 0.123 e. The van der Waals surface area contributed by atoms with Crippen LogP contribution < -0.4 is 5.32 Å². The maximum absolute atomic E-state index is 13.0. The molecular formula is C14H22FN. The first kappa shape index (κ1) is 13.2. The van der Waals surface area contributed by atoms with Gasteiger partial charge in [-0.1, -0.05) is 39.3 Å². The molecule has 0 amide bonds. The normalized spacial score (nSPS) is 13.1. The molecule has 1 rings (SSSR count). The Morgan fingerprint density at radius 3 is 2.62 bits per heavy atom. The zero-order chi connectivity index (χ0) is 12.0. The molecule has 0 heterocycles. The van der Waals surface area contributed by atoms with E-state index < -0.39 is 0 Å². The van der Waals surface area contributed by atoms with Crippen LogP contribution in [-0.2, 0) is 6.42 Å². The Hall–Kier alpha value is -0.890. The van der Waals surface area contributed by atoms with E-state index in [0.717, 1.165) is 24.9 Å². The molecule has 1 aromatic rings. The zero-order valence-electron chi connectivity index (χ0n) is 10.5. The second-order valence-corrected chi connectivity index (χ2v) is 4.67. The largest absolute Gasteiger partial charge is 0.314 e. The van der Waals surface area contributed by atoms with Crippen molar-refractivity contribution in [1.82, 2.24) is 5.32 Å². The van der Waals surface area contributed by atoms with Gasteiger partial charge in [0, 0.05) is 6.04 Å². The SMILES string of the molecule is CCC(CNC(C)C)Cc1cccc(F)c1. The van der Waals surface area contributed by atoms with Gasteiger partial charge >= 0.3 is 0 Å². The van der Waals surface area contributed by atoms with Gasteiger partial charge < -0.3 is 5.32 Å². The highest BCUT2D eigenvalue weighted by atomic mass is 19.1. The van der Waals surface area contributed by atoms with Crippen molar-refractivity contribution in [3.05, 3.63) is 35.6 Å². The van der Waals surface area contributed by atoms with Crippen LogP contribution in [0.3, 0.4) is 0 Å². The highest BCUT2D eigenvalue weighted by Gasteiger charge is 2.08. The number of halogens is 1. The predicted octanol–water partition coefficient (Wildman–Crippen LogP) is 3.39. The first-order chi connectivity index (χ1) is 7.61. The Kier molecular flexibility index (Phi) is 5.47. The Balaban J connectivity index is 2.49. The smallest absolute Gasteiger partial charge is 0.123 e. The molecule has 1 unspecified atom stereocenters. The van der Waals surface area contributed by atoms with E-state index in [0.29, 0.717) is 12.0 Å². The van der Waals surface area contributed by atoms with Crippen LogP contribution >= 0.6 is 0 Å². The van der Waals surface area contributed by atoms with Gasteiger partial charge in [0.15, 0.2) is 0 Å². The first-order valence-electron chi connectivity index (χ1n) is 6.09. The fourth-order valence-corrected chi connectivity index (χ4v) is 1.76. The molecule has 2 heteroatoms. The van der Waals surface area contributed by atoms with Crippen LogP contribution in [0, 0.1) is 11.7 Å². The van der Waals surface area contributed by atoms with Crippen LogP contribution in [-0.4, -0.2) is 12.6 Å². The first-order valence-corrected chi connectivity index (χ1v) is 6.09. The number of hydrogen-bond acceptors (Lipinski definition) is 1. The van der Waals surface area contributed by atoms with E-state index in [2.05, 4.69) is 26.1 Å². The van der Waals surface area contributed by atoms with Crippen molar-refractivity contribution < 1.29 is 4.39 Å². The minimum Gasteiger partial charge on any atom is -0.314 e. The minimum absolute atomic E-state index is 0.135. The summed E-state index contributed by atoms with van der Waals surface area (Å²) in [5, 5.41) is 3.44. The lowest BCUT2D eigenvalue weighted by molar-refractivity contribution is 0.435. The quantitative estimate of drug-likeness (QED) is 0.779. The average Bonchev–Trinajstić information content (AvgIpc) is 2.24. The lowest BCUT2D eigenvalue weighted by atomic mass is 9.96. The molecule has 0 saturated carbocycles. The molecule has 16 heavy (non-hydrogen) atoms. The van der Waals surface area contributed by atoms with Crippen molar-refractivity contribution in [2.75, 3.05) is 6.54 Å². The van der Waals surface area contributed by atoms with E-state index in [1.807, 2.05) is 6.07 Å². The summed E-state index contributed by atoms with van der Waals surface area (Å²) in [5.41, 5.74) is 1.09. The molecule has 0 saturated heterocycles. The van der Waals surface area contributed by atoms with E-state index in [9.17, 15) is 4.39 Å². The van der Waals surface area contributed by atoms with Gasteiger partial charge in [-0.15, -0.1) is 0 Å². The molecule has 0 radical (unpaired) electrons. The van der Waals surface area contributed by atoms with Gasteiger partial charge in [0.2, 0.25) is 0 Å². The predicted molar refractivity (Wildman–Crippen MR) is 67.0 cm³/mol. The third-order valence-corrected chi connectivity index (χ3v) is 2.81. The highest BCUT2D eigenvalue weighted by molar-refractivity contribution is 5.16. The summed E-state index contributed by atoms with van der Waals surface area (Å²) < 4.78 is 13.0. The summed E-state index contributed by atoms with van der Waals surface area (Å²) in [6, 6.07) is 7.44. The van der Waals surface area contributed by atoms with E-state index in [4.69, 9.17) is 0 Å². The second-order valence-electron chi connectivity index (χ2n) is 4.67. The molecule has 1 N–H and O–H groups in total. The Morgan fingerprint density at radius 2 is 2.06 bits per heavy atom. The van der Waals surface area contributed by atoms with E-state index in [1.54, 1.807) is 12.1 Å². The molecule has 0 aliphatic heterocycles. The van der Waals surface area contributed by atoms with Crippen LogP contribution in [0.15, 0.2) is 24.3 Å². The Bertz CT molecular complexity index is 309. The standard InChI is InChI=1S/C14H22FN/c1-4-12(10-16-11(2)3)8-13-6-5-7-14(15)9-13/h5-7,9,11-12,16H,4,8,10H2,1-3H3. The monoisotopic (exact) mass is 223 g/mol. The lowest BCUT2D eigenvalue weighted by Crippen LogP contribution is -2.29.